The van der Waals surface area contributed by atoms with E-state index in [1.807, 2.05) is 6.92 Å². The highest BCUT2D eigenvalue weighted by atomic mass is 32.2. The fraction of sp³-hybridized carbons (Fsp3) is 0.571. The van der Waals surface area contributed by atoms with E-state index in [0.29, 0.717) is 18.7 Å². The predicted octanol–water partition coefficient (Wildman–Crippen LogP) is 0.977. The Morgan fingerprint density at radius 1 is 1.43 bits per heavy atom. The number of benzene rings is 1. The number of ether oxygens (including phenoxy) is 1. The van der Waals surface area contributed by atoms with Crippen molar-refractivity contribution in [3.8, 4) is 5.75 Å². The number of rotatable bonds is 3. The van der Waals surface area contributed by atoms with Gasteiger partial charge in [0, 0.05) is 18.8 Å². The molecule has 0 spiro atoms. The molecular weight excluding hydrogens is 292 g/mol. The smallest absolute Gasteiger partial charge is 0.246 e. The van der Waals surface area contributed by atoms with Crippen LogP contribution in [0, 0.1) is 12.8 Å². The molecule has 1 aliphatic rings. The topological polar surface area (TPSA) is 92.9 Å². The molecule has 0 saturated carbocycles. The van der Waals surface area contributed by atoms with Crippen molar-refractivity contribution in [2.45, 2.75) is 31.3 Å². The van der Waals surface area contributed by atoms with Gasteiger partial charge in [-0.1, -0.05) is 6.92 Å². The van der Waals surface area contributed by atoms with Crippen molar-refractivity contribution in [1.29, 1.82) is 0 Å². The molecule has 118 valence electrons. The maximum Gasteiger partial charge on any atom is 0.246 e. The summed E-state index contributed by atoms with van der Waals surface area (Å²) >= 11 is 0. The lowest BCUT2D eigenvalue weighted by atomic mass is 9.98. The second-order valence-electron chi connectivity index (χ2n) is 5.56. The van der Waals surface area contributed by atoms with Crippen LogP contribution in [0.4, 0.5) is 5.69 Å². The van der Waals surface area contributed by atoms with Crippen LogP contribution in [-0.2, 0) is 10.0 Å². The first-order valence-electron chi connectivity index (χ1n) is 6.89. The van der Waals surface area contributed by atoms with Gasteiger partial charge in [0.1, 0.15) is 10.6 Å². The minimum absolute atomic E-state index is 0.0508. The lowest BCUT2D eigenvalue weighted by molar-refractivity contribution is 0.0604. The Kier molecular flexibility index (Phi) is 4.46. The standard InChI is InChI=1S/C14H22N2O4S/c1-9-4-5-16(8-12(9)17)21(18,19)14-7-11(15)10(2)6-13(14)20-3/h6-7,9,12,17H,4-5,8,15H2,1-3H3. The molecule has 0 aliphatic carbocycles. The average molecular weight is 314 g/mol. The summed E-state index contributed by atoms with van der Waals surface area (Å²) in [4.78, 5) is 0.0508. The third kappa shape index (κ3) is 3.00. The van der Waals surface area contributed by atoms with Gasteiger partial charge in [-0.15, -0.1) is 0 Å². The van der Waals surface area contributed by atoms with Gasteiger partial charge in [0.25, 0.3) is 0 Å². The third-order valence-corrected chi connectivity index (χ3v) is 5.94. The number of aliphatic hydroxyl groups excluding tert-OH is 1. The highest BCUT2D eigenvalue weighted by molar-refractivity contribution is 7.89. The number of nitrogen functional groups attached to an aromatic ring is 1. The van der Waals surface area contributed by atoms with Gasteiger partial charge in [0.15, 0.2) is 0 Å². The molecule has 1 aromatic rings. The van der Waals surface area contributed by atoms with E-state index in [0.717, 1.165) is 5.56 Å². The summed E-state index contributed by atoms with van der Waals surface area (Å²) in [6, 6.07) is 3.04. The molecule has 3 N–H and O–H groups in total. The fourth-order valence-corrected chi connectivity index (χ4v) is 4.06. The van der Waals surface area contributed by atoms with Crippen LogP contribution in [0.5, 0.6) is 5.75 Å². The molecule has 1 fully saturated rings. The molecule has 7 heteroatoms. The van der Waals surface area contributed by atoms with Crippen LogP contribution in [0.15, 0.2) is 17.0 Å². The monoisotopic (exact) mass is 314 g/mol. The van der Waals surface area contributed by atoms with Crippen molar-refractivity contribution in [3.63, 3.8) is 0 Å². The summed E-state index contributed by atoms with van der Waals surface area (Å²) in [6.45, 7) is 4.19. The summed E-state index contributed by atoms with van der Waals surface area (Å²) in [7, 11) is -2.30. The summed E-state index contributed by atoms with van der Waals surface area (Å²) in [5.74, 6) is 0.372. The second kappa shape index (κ2) is 5.82. The highest BCUT2D eigenvalue weighted by Gasteiger charge is 2.34. The molecule has 1 saturated heterocycles. The van der Waals surface area contributed by atoms with E-state index < -0.39 is 16.1 Å². The Morgan fingerprint density at radius 3 is 2.67 bits per heavy atom. The lowest BCUT2D eigenvalue weighted by Crippen LogP contribution is -2.45. The Hall–Kier alpha value is -1.31. The minimum atomic E-state index is -3.73. The molecule has 0 bridgehead atoms. The van der Waals surface area contributed by atoms with Gasteiger partial charge < -0.3 is 15.6 Å². The maximum absolute atomic E-state index is 12.8. The van der Waals surface area contributed by atoms with Crippen molar-refractivity contribution in [2.24, 2.45) is 5.92 Å². The lowest BCUT2D eigenvalue weighted by Gasteiger charge is -2.33. The summed E-state index contributed by atoms with van der Waals surface area (Å²) in [5.41, 5.74) is 7.00. The first-order chi connectivity index (χ1) is 9.77. The van der Waals surface area contributed by atoms with Gasteiger partial charge >= 0.3 is 0 Å². The van der Waals surface area contributed by atoms with E-state index in [-0.39, 0.29) is 23.1 Å². The number of nitrogens with zero attached hydrogens (tertiary/aromatic N) is 1. The van der Waals surface area contributed by atoms with Crippen molar-refractivity contribution in [1.82, 2.24) is 4.31 Å². The summed E-state index contributed by atoms with van der Waals surface area (Å²) in [6.07, 6.45) is -0.0216. The van der Waals surface area contributed by atoms with Gasteiger partial charge in [0.05, 0.1) is 13.2 Å². The molecule has 0 aromatic heterocycles. The van der Waals surface area contributed by atoms with E-state index >= 15 is 0 Å². The van der Waals surface area contributed by atoms with Crippen molar-refractivity contribution in [2.75, 3.05) is 25.9 Å². The van der Waals surface area contributed by atoms with Gasteiger partial charge in [-0.2, -0.15) is 4.31 Å². The first-order valence-corrected chi connectivity index (χ1v) is 8.33. The number of anilines is 1. The zero-order valence-electron chi connectivity index (χ0n) is 12.5. The molecule has 2 rings (SSSR count). The van der Waals surface area contributed by atoms with Crippen molar-refractivity contribution < 1.29 is 18.3 Å². The number of sulfonamides is 1. The number of aryl methyl sites for hydroxylation is 1. The molecule has 1 aliphatic heterocycles. The Balaban J connectivity index is 2.42. The predicted molar refractivity (Wildman–Crippen MR) is 80.7 cm³/mol. The Bertz CT molecular complexity index is 630. The number of hydrogen-bond donors (Lipinski definition) is 2. The van der Waals surface area contributed by atoms with E-state index in [2.05, 4.69) is 0 Å². The average Bonchev–Trinajstić information content (AvgIpc) is 2.44. The molecule has 2 unspecified atom stereocenters. The van der Waals surface area contributed by atoms with Gasteiger partial charge in [0.2, 0.25) is 10.0 Å². The number of hydrogen-bond acceptors (Lipinski definition) is 5. The second-order valence-corrected chi connectivity index (χ2v) is 7.46. The quantitative estimate of drug-likeness (QED) is 0.811. The van der Waals surface area contributed by atoms with E-state index in [1.54, 1.807) is 13.0 Å². The molecular formula is C14H22N2O4S. The maximum atomic E-state index is 12.8. The minimum Gasteiger partial charge on any atom is -0.495 e. The van der Waals surface area contributed by atoms with Crippen LogP contribution in [0.25, 0.3) is 0 Å². The zero-order chi connectivity index (χ0) is 15.8. The van der Waals surface area contributed by atoms with Crippen LogP contribution in [0.2, 0.25) is 0 Å². The van der Waals surface area contributed by atoms with Crippen molar-refractivity contribution in [3.05, 3.63) is 17.7 Å². The van der Waals surface area contributed by atoms with Gasteiger partial charge in [-0.25, -0.2) is 8.42 Å². The van der Waals surface area contributed by atoms with Crippen LogP contribution < -0.4 is 10.5 Å². The van der Waals surface area contributed by atoms with Gasteiger partial charge in [-0.3, -0.25) is 0 Å². The molecule has 21 heavy (non-hydrogen) atoms. The zero-order valence-corrected chi connectivity index (χ0v) is 13.4. The largest absolute Gasteiger partial charge is 0.495 e. The highest BCUT2D eigenvalue weighted by Crippen LogP contribution is 2.32. The van der Waals surface area contributed by atoms with Crippen LogP contribution in [-0.4, -0.2) is 44.1 Å². The van der Waals surface area contributed by atoms with E-state index in [9.17, 15) is 13.5 Å². The Morgan fingerprint density at radius 2 is 2.10 bits per heavy atom. The number of β-amino-alcohol motifs (C(OH)–C–C–N with tert-alkyl or cyclic N) is 1. The summed E-state index contributed by atoms with van der Waals surface area (Å²) < 4.78 is 32.0. The summed E-state index contributed by atoms with van der Waals surface area (Å²) in [5, 5.41) is 9.92. The molecule has 1 heterocycles. The molecule has 2 atom stereocenters. The van der Waals surface area contributed by atoms with Crippen LogP contribution in [0.3, 0.4) is 0 Å². The molecule has 0 amide bonds. The number of aliphatic hydroxyl groups is 1. The third-order valence-electron chi connectivity index (χ3n) is 4.05. The molecule has 6 nitrogen and oxygen atoms in total. The van der Waals surface area contributed by atoms with Crippen molar-refractivity contribution >= 4 is 15.7 Å². The van der Waals surface area contributed by atoms with E-state index in [4.69, 9.17) is 10.5 Å². The fourth-order valence-electron chi connectivity index (χ4n) is 2.42. The van der Waals surface area contributed by atoms with Crippen LogP contribution in [0.1, 0.15) is 18.9 Å². The first kappa shape index (κ1) is 16.1. The van der Waals surface area contributed by atoms with Crippen LogP contribution >= 0.6 is 0 Å². The van der Waals surface area contributed by atoms with E-state index in [1.165, 1.54) is 17.5 Å². The van der Waals surface area contributed by atoms with Gasteiger partial charge in [-0.05, 0) is 37.0 Å². The molecule has 1 aromatic carbocycles. The Labute approximate surface area is 125 Å². The number of methoxy groups -OCH3 is 1. The molecule has 0 radical (unpaired) electrons. The normalized spacial score (nSPS) is 24.0. The number of nitrogens with two attached hydrogens (primary N) is 1. The SMILES string of the molecule is COc1cc(C)c(N)cc1S(=O)(=O)N1CCC(C)C(O)C1. The number of piperidine rings is 1.